The normalized spacial score (nSPS) is 10.3. The standard InChI is InChI=1S/C12H7ClFNO4S/c1-19-12(18)8-9(13)15-10(20-8)5-2-6(11(16)17)4-7(14)3-5/h2-4H,1H3,(H,16,17). The first-order valence-electron chi connectivity index (χ1n) is 5.21. The number of carboxylic acids is 1. The fourth-order valence-electron chi connectivity index (χ4n) is 1.48. The molecule has 1 aromatic carbocycles. The van der Waals surface area contributed by atoms with Gasteiger partial charge in [0, 0.05) is 5.56 Å². The molecule has 8 heteroatoms. The molecule has 1 N–H and O–H groups in total. The molecular formula is C12H7ClFNO4S. The summed E-state index contributed by atoms with van der Waals surface area (Å²) >= 11 is 6.70. The fraction of sp³-hybridized carbons (Fsp3) is 0.0833. The highest BCUT2D eigenvalue weighted by Gasteiger charge is 2.19. The van der Waals surface area contributed by atoms with Crippen LogP contribution in [0.2, 0.25) is 5.15 Å². The van der Waals surface area contributed by atoms with Gasteiger partial charge in [-0.1, -0.05) is 11.6 Å². The molecule has 1 heterocycles. The van der Waals surface area contributed by atoms with Crippen molar-refractivity contribution in [3.05, 3.63) is 39.6 Å². The quantitative estimate of drug-likeness (QED) is 0.881. The minimum absolute atomic E-state index is 0.0713. The average molecular weight is 316 g/mol. The zero-order chi connectivity index (χ0) is 14.9. The number of nitrogens with zero attached hydrogens (tertiary/aromatic N) is 1. The summed E-state index contributed by atoms with van der Waals surface area (Å²) in [5, 5.41) is 9.05. The lowest BCUT2D eigenvalue weighted by Gasteiger charge is -2.00. The van der Waals surface area contributed by atoms with E-state index in [-0.39, 0.29) is 26.2 Å². The van der Waals surface area contributed by atoms with Crippen LogP contribution in [0.3, 0.4) is 0 Å². The number of aromatic carboxylic acids is 1. The van der Waals surface area contributed by atoms with Gasteiger partial charge in [0.15, 0.2) is 10.0 Å². The molecule has 0 unspecified atom stereocenters. The molecule has 0 aliphatic carbocycles. The zero-order valence-corrected chi connectivity index (χ0v) is 11.6. The number of hydrogen-bond acceptors (Lipinski definition) is 5. The van der Waals surface area contributed by atoms with Crippen molar-refractivity contribution in [2.75, 3.05) is 7.11 Å². The molecule has 104 valence electrons. The number of esters is 1. The molecule has 5 nitrogen and oxygen atoms in total. The fourth-order valence-corrected chi connectivity index (χ4v) is 2.67. The van der Waals surface area contributed by atoms with Crippen LogP contribution in [0.5, 0.6) is 0 Å². The SMILES string of the molecule is COC(=O)c1sc(-c2cc(F)cc(C(=O)O)c2)nc1Cl. The number of carboxylic acid groups (broad SMARTS) is 1. The van der Waals surface area contributed by atoms with Crippen molar-refractivity contribution in [2.24, 2.45) is 0 Å². The molecule has 0 aliphatic rings. The summed E-state index contributed by atoms with van der Waals surface area (Å²) in [6.07, 6.45) is 0. The van der Waals surface area contributed by atoms with E-state index in [1.165, 1.54) is 13.2 Å². The Kier molecular flexibility index (Phi) is 4.01. The smallest absolute Gasteiger partial charge is 0.351 e. The van der Waals surface area contributed by atoms with Crippen LogP contribution in [-0.4, -0.2) is 29.1 Å². The van der Waals surface area contributed by atoms with Crippen molar-refractivity contribution < 1.29 is 23.8 Å². The van der Waals surface area contributed by atoms with Gasteiger partial charge in [0.05, 0.1) is 12.7 Å². The Labute approximate surface area is 121 Å². The third-order valence-corrected chi connectivity index (χ3v) is 3.82. The Morgan fingerprint density at radius 3 is 2.70 bits per heavy atom. The molecular weight excluding hydrogens is 309 g/mol. The van der Waals surface area contributed by atoms with Gasteiger partial charge in [-0.3, -0.25) is 0 Å². The lowest BCUT2D eigenvalue weighted by molar-refractivity contribution is 0.0605. The number of rotatable bonds is 3. The number of carbonyl (C=O) groups excluding carboxylic acids is 1. The molecule has 0 atom stereocenters. The third-order valence-electron chi connectivity index (χ3n) is 2.35. The van der Waals surface area contributed by atoms with Crippen LogP contribution in [0.15, 0.2) is 18.2 Å². The Morgan fingerprint density at radius 2 is 2.10 bits per heavy atom. The molecule has 0 fully saturated rings. The van der Waals surface area contributed by atoms with Gasteiger partial charge in [0.1, 0.15) is 10.8 Å². The van der Waals surface area contributed by atoms with Crippen molar-refractivity contribution in [1.82, 2.24) is 4.98 Å². The topological polar surface area (TPSA) is 76.5 Å². The lowest BCUT2D eigenvalue weighted by atomic mass is 10.1. The predicted octanol–water partition coefficient (Wildman–Crippen LogP) is 3.09. The largest absolute Gasteiger partial charge is 0.478 e. The molecule has 20 heavy (non-hydrogen) atoms. The van der Waals surface area contributed by atoms with E-state index >= 15 is 0 Å². The molecule has 0 radical (unpaired) electrons. The molecule has 0 saturated heterocycles. The highest BCUT2D eigenvalue weighted by Crippen LogP contribution is 2.32. The summed E-state index contributed by atoms with van der Waals surface area (Å²) in [5.41, 5.74) is 0.00962. The van der Waals surface area contributed by atoms with Gasteiger partial charge in [0.25, 0.3) is 0 Å². The first-order valence-corrected chi connectivity index (χ1v) is 6.40. The second-order valence-electron chi connectivity index (χ2n) is 3.66. The van der Waals surface area contributed by atoms with Crippen LogP contribution < -0.4 is 0 Å². The predicted molar refractivity (Wildman–Crippen MR) is 70.8 cm³/mol. The summed E-state index contributed by atoms with van der Waals surface area (Å²) in [6, 6.07) is 3.26. The maximum absolute atomic E-state index is 13.4. The minimum Gasteiger partial charge on any atom is -0.478 e. The number of ether oxygens (including phenoxy) is 1. The number of halogens is 2. The van der Waals surface area contributed by atoms with Gasteiger partial charge < -0.3 is 9.84 Å². The number of hydrogen-bond donors (Lipinski definition) is 1. The minimum atomic E-state index is -1.26. The first kappa shape index (κ1) is 14.4. The Bertz CT molecular complexity index is 701. The van der Waals surface area contributed by atoms with Gasteiger partial charge >= 0.3 is 11.9 Å². The monoisotopic (exact) mass is 315 g/mol. The maximum atomic E-state index is 13.4. The summed E-state index contributed by atoms with van der Waals surface area (Å²) in [6.45, 7) is 0. The summed E-state index contributed by atoms with van der Waals surface area (Å²) < 4.78 is 17.9. The number of methoxy groups -OCH3 is 1. The van der Waals surface area contributed by atoms with Gasteiger partial charge in [-0.25, -0.2) is 19.0 Å². The molecule has 1 aromatic heterocycles. The summed E-state index contributed by atoms with van der Waals surface area (Å²) in [4.78, 5) is 26.3. The Morgan fingerprint density at radius 1 is 1.40 bits per heavy atom. The van der Waals surface area contributed by atoms with E-state index in [9.17, 15) is 14.0 Å². The van der Waals surface area contributed by atoms with E-state index in [2.05, 4.69) is 9.72 Å². The number of benzene rings is 1. The van der Waals surface area contributed by atoms with Crippen LogP contribution in [0.1, 0.15) is 20.0 Å². The Hall–Kier alpha value is -1.99. The van der Waals surface area contributed by atoms with Gasteiger partial charge in [-0.2, -0.15) is 0 Å². The van der Waals surface area contributed by atoms with Crippen molar-refractivity contribution in [1.29, 1.82) is 0 Å². The summed E-state index contributed by atoms with van der Waals surface area (Å²) in [7, 11) is 1.20. The van der Waals surface area contributed by atoms with Crippen LogP contribution in [0.25, 0.3) is 10.6 Å². The highest BCUT2D eigenvalue weighted by atomic mass is 35.5. The van der Waals surface area contributed by atoms with Crippen LogP contribution >= 0.6 is 22.9 Å². The van der Waals surface area contributed by atoms with Crippen LogP contribution in [-0.2, 0) is 4.74 Å². The van der Waals surface area contributed by atoms with E-state index in [4.69, 9.17) is 16.7 Å². The van der Waals surface area contributed by atoms with Gasteiger partial charge in [-0.05, 0) is 18.2 Å². The zero-order valence-electron chi connectivity index (χ0n) is 10.0. The molecule has 2 aromatic rings. The number of carbonyl (C=O) groups is 2. The molecule has 0 bridgehead atoms. The average Bonchev–Trinajstić information content (AvgIpc) is 2.79. The molecule has 0 amide bonds. The number of thiazole rings is 1. The van der Waals surface area contributed by atoms with Gasteiger partial charge in [-0.15, -0.1) is 11.3 Å². The molecule has 2 rings (SSSR count). The van der Waals surface area contributed by atoms with Crippen LogP contribution in [0, 0.1) is 5.82 Å². The number of aromatic nitrogens is 1. The van der Waals surface area contributed by atoms with Crippen molar-refractivity contribution in [2.45, 2.75) is 0 Å². The third kappa shape index (κ3) is 2.78. The second kappa shape index (κ2) is 5.56. The highest BCUT2D eigenvalue weighted by molar-refractivity contribution is 7.17. The van der Waals surface area contributed by atoms with E-state index in [1.54, 1.807) is 0 Å². The van der Waals surface area contributed by atoms with Crippen LogP contribution in [0.4, 0.5) is 4.39 Å². The van der Waals surface area contributed by atoms with E-state index < -0.39 is 17.8 Å². The van der Waals surface area contributed by atoms with E-state index in [0.717, 1.165) is 23.5 Å². The second-order valence-corrected chi connectivity index (χ2v) is 5.02. The lowest BCUT2D eigenvalue weighted by Crippen LogP contribution is -1.98. The molecule has 0 spiro atoms. The van der Waals surface area contributed by atoms with Crippen molar-refractivity contribution >= 4 is 34.9 Å². The van der Waals surface area contributed by atoms with E-state index in [1.807, 2.05) is 0 Å². The summed E-state index contributed by atoms with van der Waals surface area (Å²) in [5.74, 6) is -2.64. The Balaban J connectivity index is 2.52. The maximum Gasteiger partial charge on any atom is 0.351 e. The molecule has 0 aliphatic heterocycles. The van der Waals surface area contributed by atoms with Crippen molar-refractivity contribution in [3.8, 4) is 10.6 Å². The van der Waals surface area contributed by atoms with E-state index in [0.29, 0.717) is 0 Å². The van der Waals surface area contributed by atoms with Crippen molar-refractivity contribution in [3.63, 3.8) is 0 Å². The molecule has 0 saturated carbocycles. The van der Waals surface area contributed by atoms with Gasteiger partial charge in [0.2, 0.25) is 0 Å². The first-order chi connectivity index (χ1) is 9.42.